The lowest BCUT2D eigenvalue weighted by atomic mass is 10.4. The normalized spacial score (nSPS) is 10.8. The molecule has 0 spiro atoms. The van der Waals surface area contributed by atoms with E-state index in [1.807, 2.05) is 5.38 Å². The van der Waals surface area contributed by atoms with Crippen LogP contribution in [-0.2, 0) is 6.42 Å². The van der Waals surface area contributed by atoms with Crippen LogP contribution in [0.15, 0.2) is 28.4 Å². The molecule has 0 bridgehead atoms. The van der Waals surface area contributed by atoms with Gasteiger partial charge >= 0.3 is 0 Å². The Morgan fingerprint density at radius 2 is 2.00 bits per heavy atom. The lowest BCUT2D eigenvalue weighted by Gasteiger charge is -1.88. The van der Waals surface area contributed by atoms with Crippen LogP contribution < -0.4 is 5.73 Å². The largest absolute Gasteiger partial charge is 0.332 e. The summed E-state index contributed by atoms with van der Waals surface area (Å²) in [7, 11) is 0. The van der Waals surface area contributed by atoms with Crippen LogP contribution in [0.5, 0.6) is 0 Å². The Bertz CT molecular complexity index is 665. The summed E-state index contributed by atoms with van der Waals surface area (Å²) in [5, 5.41) is 6.67. The van der Waals surface area contributed by atoms with Gasteiger partial charge in [-0.25, -0.2) is 15.0 Å². The third-order valence-corrected chi connectivity index (χ3v) is 3.23. The first-order chi connectivity index (χ1) is 9.36. The maximum absolute atomic E-state index is 5.49. The molecular weight excluding hydrogens is 264 g/mol. The summed E-state index contributed by atoms with van der Waals surface area (Å²) in [5.74, 6) is 1.14. The van der Waals surface area contributed by atoms with E-state index in [-0.39, 0.29) is 0 Å². The highest BCUT2D eigenvalue weighted by molar-refractivity contribution is 7.09. The van der Waals surface area contributed by atoms with Gasteiger partial charge in [-0.1, -0.05) is 5.16 Å². The number of thiazole rings is 1. The molecule has 0 atom stereocenters. The summed E-state index contributed by atoms with van der Waals surface area (Å²) < 4.78 is 5.17. The Hall–Kier alpha value is -2.19. The predicted molar refractivity (Wildman–Crippen MR) is 69.2 cm³/mol. The third kappa shape index (κ3) is 2.49. The van der Waals surface area contributed by atoms with Crippen LogP contribution >= 0.6 is 11.3 Å². The van der Waals surface area contributed by atoms with Crippen molar-refractivity contribution in [2.45, 2.75) is 6.42 Å². The second-order valence-electron chi connectivity index (χ2n) is 3.66. The zero-order chi connectivity index (χ0) is 13.1. The van der Waals surface area contributed by atoms with Gasteiger partial charge in [0, 0.05) is 24.2 Å². The van der Waals surface area contributed by atoms with E-state index in [1.54, 1.807) is 18.5 Å². The van der Waals surface area contributed by atoms with Crippen molar-refractivity contribution in [3.8, 4) is 23.2 Å². The first kappa shape index (κ1) is 11.9. The van der Waals surface area contributed by atoms with Gasteiger partial charge in [0.15, 0.2) is 0 Å². The predicted octanol–water partition coefficient (Wildman–Crippen LogP) is 1.15. The number of hydrogen-bond donors (Lipinski definition) is 1. The molecule has 0 aliphatic heterocycles. The lowest BCUT2D eigenvalue weighted by Crippen LogP contribution is -2.01. The smallest absolute Gasteiger partial charge is 0.277 e. The molecule has 96 valence electrons. The minimum atomic E-state index is 0.351. The highest BCUT2D eigenvalue weighted by Gasteiger charge is 2.14. The number of aromatic nitrogens is 5. The Balaban J connectivity index is 1.88. The standard InChI is InChI=1S/C11H10N6OS/c12-3-2-8-15-7(6-19-8)11-16-10(17-18-11)9-13-4-1-5-14-9/h1,4-6H,2-3,12H2. The van der Waals surface area contributed by atoms with E-state index in [9.17, 15) is 0 Å². The first-order valence-corrected chi connectivity index (χ1v) is 6.50. The van der Waals surface area contributed by atoms with Crippen molar-refractivity contribution in [3.63, 3.8) is 0 Å². The molecule has 0 amide bonds. The van der Waals surface area contributed by atoms with Gasteiger partial charge in [-0.2, -0.15) is 4.98 Å². The molecule has 0 aliphatic carbocycles. The van der Waals surface area contributed by atoms with Gasteiger partial charge in [0.05, 0.1) is 5.01 Å². The number of hydrogen-bond acceptors (Lipinski definition) is 8. The van der Waals surface area contributed by atoms with E-state index in [4.69, 9.17) is 10.3 Å². The molecule has 0 aromatic carbocycles. The minimum Gasteiger partial charge on any atom is -0.332 e. The van der Waals surface area contributed by atoms with E-state index in [1.165, 1.54) is 11.3 Å². The fraction of sp³-hybridized carbons (Fsp3) is 0.182. The quantitative estimate of drug-likeness (QED) is 0.761. The fourth-order valence-electron chi connectivity index (χ4n) is 1.48. The second-order valence-corrected chi connectivity index (χ2v) is 4.60. The topological polar surface area (TPSA) is 104 Å². The van der Waals surface area contributed by atoms with Crippen LogP contribution in [0, 0.1) is 0 Å². The summed E-state index contributed by atoms with van der Waals surface area (Å²) in [6, 6.07) is 1.73. The highest BCUT2D eigenvalue weighted by Crippen LogP contribution is 2.22. The zero-order valence-electron chi connectivity index (χ0n) is 9.85. The summed E-state index contributed by atoms with van der Waals surface area (Å²) >= 11 is 1.52. The van der Waals surface area contributed by atoms with E-state index in [0.29, 0.717) is 29.8 Å². The first-order valence-electron chi connectivity index (χ1n) is 5.63. The van der Waals surface area contributed by atoms with Gasteiger partial charge in [-0.3, -0.25) is 0 Å². The molecule has 3 aromatic rings. The van der Waals surface area contributed by atoms with Crippen LogP contribution in [0.1, 0.15) is 5.01 Å². The van der Waals surface area contributed by atoms with Crippen molar-refractivity contribution in [1.82, 2.24) is 25.1 Å². The molecule has 0 fully saturated rings. The second kappa shape index (κ2) is 5.21. The molecule has 0 unspecified atom stereocenters. The van der Waals surface area contributed by atoms with Crippen LogP contribution in [0.2, 0.25) is 0 Å². The minimum absolute atomic E-state index is 0.351. The molecule has 3 aromatic heterocycles. The molecule has 0 saturated carbocycles. The number of nitrogens with zero attached hydrogens (tertiary/aromatic N) is 5. The maximum Gasteiger partial charge on any atom is 0.277 e. The van der Waals surface area contributed by atoms with E-state index in [0.717, 1.165) is 11.4 Å². The van der Waals surface area contributed by atoms with Gasteiger partial charge in [-0.15, -0.1) is 11.3 Å². The van der Waals surface area contributed by atoms with Crippen molar-refractivity contribution >= 4 is 11.3 Å². The lowest BCUT2D eigenvalue weighted by molar-refractivity contribution is 0.430. The van der Waals surface area contributed by atoms with Crippen LogP contribution in [0.3, 0.4) is 0 Å². The van der Waals surface area contributed by atoms with Crippen LogP contribution in [0.4, 0.5) is 0 Å². The van der Waals surface area contributed by atoms with Crippen LogP contribution in [0.25, 0.3) is 23.2 Å². The molecule has 0 saturated heterocycles. The van der Waals surface area contributed by atoms with Crippen molar-refractivity contribution in [1.29, 1.82) is 0 Å². The zero-order valence-corrected chi connectivity index (χ0v) is 10.7. The molecular formula is C11H10N6OS. The van der Waals surface area contributed by atoms with Gasteiger partial charge in [-0.05, 0) is 12.6 Å². The van der Waals surface area contributed by atoms with E-state index in [2.05, 4.69) is 25.1 Å². The van der Waals surface area contributed by atoms with Gasteiger partial charge in [0.1, 0.15) is 5.69 Å². The summed E-state index contributed by atoms with van der Waals surface area (Å²) in [6.07, 6.45) is 3.99. The SMILES string of the molecule is NCCc1nc(-c2nc(-c3ncccn3)no2)cs1. The molecule has 7 nitrogen and oxygen atoms in total. The molecule has 0 radical (unpaired) electrons. The Morgan fingerprint density at radius 1 is 1.16 bits per heavy atom. The average molecular weight is 274 g/mol. The van der Waals surface area contributed by atoms with Crippen molar-refractivity contribution < 1.29 is 4.52 Å². The molecule has 19 heavy (non-hydrogen) atoms. The summed E-state index contributed by atoms with van der Waals surface area (Å²) in [6.45, 7) is 0.569. The Kier molecular flexibility index (Phi) is 3.25. The number of nitrogens with two attached hydrogens (primary N) is 1. The van der Waals surface area contributed by atoms with E-state index >= 15 is 0 Å². The third-order valence-electron chi connectivity index (χ3n) is 2.32. The van der Waals surface area contributed by atoms with E-state index < -0.39 is 0 Å². The number of rotatable bonds is 4. The highest BCUT2D eigenvalue weighted by atomic mass is 32.1. The molecule has 2 N–H and O–H groups in total. The molecule has 8 heteroatoms. The molecule has 3 heterocycles. The van der Waals surface area contributed by atoms with Gasteiger partial charge < -0.3 is 10.3 Å². The van der Waals surface area contributed by atoms with Crippen molar-refractivity contribution in [3.05, 3.63) is 28.8 Å². The average Bonchev–Trinajstić information content (AvgIpc) is 3.08. The monoisotopic (exact) mass is 274 g/mol. The Labute approximate surface area is 112 Å². The molecule has 3 rings (SSSR count). The van der Waals surface area contributed by atoms with Crippen LogP contribution in [-0.4, -0.2) is 31.6 Å². The van der Waals surface area contributed by atoms with Crippen molar-refractivity contribution in [2.75, 3.05) is 6.54 Å². The summed E-state index contributed by atoms with van der Waals surface area (Å²) in [4.78, 5) is 16.7. The maximum atomic E-state index is 5.49. The van der Waals surface area contributed by atoms with Gasteiger partial charge in [0.2, 0.25) is 11.6 Å². The fourth-order valence-corrected chi connectivity index (χ4v) is 2.27. The van der Waals surface area contributed by atoms with Crippen molar-refractivity contribution in [2.24, 2.45) is 5.73 Å². The Morgan fingerprint density at radius 3 is 2.79 bits per heavy atom. The summed E-state index contributed by atoms with van der Waals surface area (Å²) in [5.41, 5.74) is 6.14. The molecule has 0 aliphatic rings. The van der Waals surface area contributed by atoms with Gasteiger partial charge in [0.25, 0.3) is 5.89 Å².